The van der Waals surface area contributed by atoms with Crippen LogP contribution in [0.3, 0.4) is 0 Å². The summed E-state index contributed by atoms with van der Waals surface area (Å²) in [4.78, 5) is 14.4. The molecule has 1 aromatic heterocycles. The summed E-state index contributed by atoms with van der Waals surface area (Å²) in [6, 6.07) is 1.86. The smallest absolute Gasteiger partial charge is 0.270 e. The van der Waals surface area contributed by atoms with Gasteiger partial charge in [0.15, 0.2) is 0 Å². The van der Waals surface area contributed by atoms with E-state index in [-0.39, 0.29) is 30.4 Å². The van der Waals surface area contributed by atoms with Crippen molar-refractivity contribution in [2.24, 2.45) is 12.8 Å². The number of amides is 1. The fourth-order valence-corrected chi connectivity index (χ4v) is 2.89. The third kappa shape index (κ3) is 3.44. The van der Waals surface area contributed by atoms with Crippen LogP contribution in [0.4, 0.5) is 0 Å². The highest BCUT2D eigenvalue weighted by Crippen LogP contribution is 2.23. The molecule has 0 aliphatic carbocycles. The van der Waals surface area contributed by atoms with Gasteiger partial charge in [0.2, 0.25) is 0 Å². The number of halogens is 2. The molecule has 4 nitrogen and oxygen atoms in total. The Labute approximate surface area is 125 Å². The molecule has 0 radical (unpaired) electrons. The van der Waals surface area contributed by atoms with Gasteiger partial charge < -0.3 is 15.2 Å². The highest BCUT2D eigenvalue weighted by molar-refractivity contribution is 6.31. The molecule has 1 amide bonds. The summed E-state index contributed by atoms with van der Waals surface area (Å²) in [5.41, 5.74) is 6.62. The topological polar surface area (TPSA) is 51.3 Å². The second-order valence-corrected chi connectivity index (χ2v) is 5.51. The van der Waals surface area contributed by atoms with E-state index >= 15 is 0 Å². The minimum Gasteiger partial charge on any atom is -0.345 e. The van der Waals surface area contributed by atoms with Crippen molar-refractivity contribution in [3.8, 4) is 0 Å². The summed E-state index contributed by atoms with van der Waals surface area (Å²) in [5.74, 6) is 0.0337. The first kappa shape index (κ1) is 16.3. The van der Waals surface area contributed by atoms with Gasteiger partial charge in [-0.15, -0.1) is 12.4 Å². The summed E-state index contributed by atoms with van der Waals surface area (Å²) in [5, 5.41) is 0.593. The molecule has 0 saturated carbocycles. The molecule has 0 bridgehead atoms. The second kappa shape index (κ2) is 6.64. The third-order valence-corrected chi connectivity index (χ3v) is 3.81. The number of aryl methyl sites for hydroxylation is 1. The van der Waals surface area contributed by atoms with Gasteiger partial charge in [-0.2, -0.15) is 0 Å². The lowest BCUT2D eigenvalue weighted by atomic mass is 9.96. The van der Waals surface area contributed by atoms with E-state index in [1.165, 1.54) is 0 Å². The predicted molar refractivity (Wildman–Crippen MR) is 80.0 cm³/mol. The number of nitrogens with two attached hydrogens (primary N) is 1. The molecule has 0 spiro atoms. The molecule has 19 heavy (non-hydrogen) atoms. The van der Waals surface area contributed by atoms with Crippen LogP contribution in [0.1, 0.15) is 36.7 Å². The number of hydrogen-bond donors (Lipinski definition) is 1. The van der Waals surface area contributed by atoms with E-state index in [9.17, 15) is 4.79 Å². The van der Waals surface area contributed by atoms with Crippen LogP contribution in [0.15, 0.2) is 12.3 Å². The van der Waals surface area contributed by atoms with Crippen molar-refractivity contribution in [3.05, 3.63) is 23.0 Å². The number of nitrogens with zero attached hydrogens (tertiary/aromatic N) is 2. The molecular weight excluding hydrogens is 285 g/mol. The third-order valence-electron chi connectivity index (χ3n) is 3.61. The maximum atomic E-state index is 12.5. The summed E-state index contributed by atoms with van der Waals surface area (Å²) in [6.45, 7) is 2.75. The van der Waals surface area contributed by atoms with Gasteiger partial charge in [-0.1, -0.05) is 11.6 Å². The molecular formula is C13H21Cl2N3O. The quantitative estimate of drug-likeness (QED) is 0.912. The van der Waals surface area contributed by atoms with Crippen molar-refractivity contribution in [2.75, 3.05) is 6.54 Å². The Kier molecular flexibility index (Phi) is 5.71. The van der Waals surface area contributed by atoms with E-state index < -0.39 is 0 Å². The first-order valence-corrected chi connectivity index (χ1v) is 6.77. The van der Waals surface area contributed by atoms with Gasteiger partial charge in [-0.3, -0.25) is 4.79 Å². The SMILES string of the molecule is CC(N)C1CCCCN1C(=O)c1cc(Cl)cn1C.Cl. The van der Waals surface area contributed by atoms with E-state index in [4.69, 9.17) is 17.3 Å². The molecule has 2 unspecified atom stereocenters. The Morgan fingerprint density at radius 2 is 2.21 bits per heavy atom. The zero-order valence-electron chi connectivity index (χ0n) is 11.3. The zero-order chi connectivity index (χ0) is 13.3. The van der Waals surface area contributed by atoms with Gasteiger partial charge in [-0.25, -0.2) is 0 Å². The van der Waals surface area contributed by atoms with Crippen molar-refractivity contribution >= 4 is 29.9 Å². The molecule has 108 valence electrons. The van der Waals surface area contributed by atoms with E-state index in [2.05, 4.69) is 0 Å². The van der Waals surface area contributed by atoms with Gasteiger partial charge in [0, 0.05) is 31.9 Å². The summed E-state index contributed by atoms with van der Waals surface area (Å²) in [7, 11) is 1.84. The number of carbonyl (C=O) groups excluding carboxylic acids is 1. The number of piperidine rings is 1. The van der Waals surface area contributed by atoms with Crippen LogP contribution >= 0.6 is 24.0 Å². The molecule has 1 aliphatic rings. The number of hydrogen-bond acceptors (Lipinski definition) is 2. The van der Waals surface area contributed by atoms with Gasteiger partial charge in [-0.05, 0) is 32.3 Å². The fourth-order valence-electron chi connectivity index (χ4n) is 2.64. The maximum Gasteiger partial charge on any atom is 0.270 e. The van der Waals surface area contributed by atoms with Crippen molar-refractivity contribution in [1.82, 2.24) is 9.47 Å². The normalized spacial score (nSPS) is 20.8. The molecule has 2 rings (SSSR count). The van der Waals surface area contributed by atoms with Crippen molar-refractivity contribution in [2.45, 2.75) is 38.3 Å². The number of carbonyl (C=O) groups is 1. The van der Waals surface area contributed by atoms with Crippen LogP contribution < -0.4 is 5.73 Å². The number of rotatable bonds is 2. The minimum atomic E-state index is 0. The van der Waals surface area contributed by atoms with Gasteiger partial charge in [0.05, 0.1) is 5.02 Å². The van der Waals surface area contributed by atoms with E-state index in [0.717, 1.165) is 25.8 Å². The van der Waals surface area contributed by atoms with Gasteiger partial charge in [0.25, 0.3) is 5.91 Å². The lowest BCUT2D eigenvalue weighted by Crippen LogP contribution is -2.52. The fraction of sp³-hybridized carbons (Fsp3) is 0.615. The Morgan fingerprint density at radius 3 is 2.74 bits per heavy atom. The zero-order valence-corrected chi connectivity index (χ0v) is 12.9. The summed E-state index contributed by atoms with van der Waals surface area (Å²) in [6.07, 6.45) is 4.93. The summed E-state index contributed by atoms with van der Waals surface area (Å²) < 4.78 is 1.78. The van der Waals surface area contributed by atoms with Crippen LogP contribution in [0.2, 0.25) is 5.02 Å². The van der Waals surface area contributed by atoms with Crippen molar-refractivity contribution in [1.29, 1.82) is 0 Å². The molecule has 0 aromatic carbocycles. The Balaban J connectivity index is 0.00000180. The van der Waals surface area contributed by atoms with Gasteiger partial charge in [0.1, 0.15) is 5.69 Å². The number of aromatic nitrogens is 1. The summed E-state index contributed by atoms with van der Waals surface area (Å²) >= 11 is 5.93. The number of likely N-dealkylation sites (tertiary alicyclic amines) is 1. The van der Waals surface area contributed by atoms with Crippen molar-refractivity contribution in [3.63, 3.8) is 0 Å². The first-order valence-electron chi connectivity index (χ1n) is 6.39. The molecule has 1 saturated heterocycles. The lowest BCUT2D eigenvalue weighted by molar-refractivity contribution is 0.0574. The highest BCUT2D eigenvalue weighted by atomic mass is 35.5. The molecule has 1 fully saturated rings. The van der Waals surface area contributed by atoms with E-state index in [1.807, 2.05) is 18.9 Å². The molecule has 1 aromatic rings. The highest BCUT2D eigenvalue weighted by Gasteiger charge is 2.30. The first-order chi connectivity index (χ1) is 8.50. The molecule has 2 N–H and O–H groups in total. The molecule has 1 aliphatic heterocycles. The Hall–Kier alpha value is -0.710. The average Bonchev–Trinajstić information content (AvgIpc) is 2.67. The van der Waals surface area contributed by atoms with Crippen molar-refractivity contribution < 1.29 is 4.79 Å². The molecule has 2 atom stereocenters. The maximum absolute atomic E-state index is 12.5. The minimum absolute atomic E-state index is 0. The second-order valence-electron chi connectivity index (χ2n) is 5.08. The van der Waals surface area contributed by atoms with E-state index in [0.29, 0.717) is 10.7 Å². The predicted octanol–water partition coefficient (Wildman–Crippen LogP) is 2.44. The molecule has 2 heterocycles. The standard InChI is InChI=1S/C13H20ClN3O.ClH/c1-9(15)11-5-3-4-6-17(11)13(18)12-7-10(14)8-16(12)2;/h7-9,11H,3-6,15H2,1-2H3;1H. The van der Waals surface area contributed by atoms with Crippen LogP contribution in [0.5, 0.6) is 0 Å². The van der Waals surface area contributed by atoms with Gasteiger partial charge >= 0.3 is 0 Å². The monoisotopic (exact) mass is 305 g/mol. The van der Waals surface area contributed by atoms with Crippen LogP contribution in [-0.2, 0) is 7.05 Å². The van der Waals surface area contributed by atoms with E-state index in [1.54, 1.807) is 16.8 Å². The van der Waals surface area contributed by atoms with Crippen LogP contribution in [-0.4, -0.2) is 34.0 Å². The Morgan fingerprint density at radius 1 is 1.53 bits per heavy atom. The Bertz CT molecular complexity index is 445. The lowest BCUT2D eigenvalue weighted by Gasteiger charge is -2.38. The van der Waals surface area contributed by atoms with Crippen LogP contribution in [0.25, 0.3) is 0 Å². The average molecular weight is 306 g/mol. The molecule has 6 heteroatoms. The largest absolute Gasteiger partial charge is 0.345 e. The van der Waals surface area contributed by atoms with Crippen LogP contribution in [0, 0.1) is 0 Å².